The summed E-state index contributed by atoms with van der Waals surface area (Å²) in [5.74, 6) is -0.423. The van der Waals surface area contributed by atoms with Crippen LogP contribution in [0.1, 0.15) is 15.9 Å². The third-order valence-electron chi connectivity index (χ3n) is 4.87. The average molecular weight is 453 g/mol. The van der Waals surface area contributed by atoms with E-state index in [1.165, 1.54) is 12.1 Å². The number of benzene rings is 2. The molecule has 33 heavy (non-hydrogen) atoms. The van der Waals surface area contributed by atoms with Gasteiger partial charge in [0.15, 0.2) is 5.65 Å². The van der Waals surface area contributed by atoms with E-state index in [0.717, 1.165) is 28.6 Å². The third kappa shape index (κ3) is 5.00. The molecule has 2 N–H and O–H groups in total. The van der Waals surface area contributed by atoms with E-state index in [4.69, 9.17) is 0 Å². The van der Waals surface area contributed by atoms with Gasteiger partial charge in [-0.25, -0.2) is 9.97 Å². The Hall–Kier alpha value is -4.21. The fraction of sp³-hybridized carbons (Fsp3) is 0.130. The molecule has 0 fully saturated rings. The molecule has 1 amide bonds. The zero-order chi connectivity index (χ0) is 23.6. The van der Waals surface area contributed by atoms with E-state index < -0.39 is 18.0 Å². The second-order valence-electron chi connectivity index (χ2n) is 7.09. The van der Waals surface area contributed by atoms with Gasteiger partial charge in [-0.1, -0.05) is 18.2 Å². The van der Waals surface area contributed by atoms with E-state index in [-0.39, 0.29) is 5.69 Å². The van der Waals surface area contributed by atoms with Crippen LogP contribution in [0, 0.1) is 6.92 Å². The van der Waals surface area contributed by atoms with Gasteiger partial charge >= 0.3 is 6.36 Å². The molecule has 0 aliphatic heterocycles. The number of hydrogen-bond acceptors (Lipinski definition) is 6. The van der Waals surface area contributed by atoms with Crippen LogP contribution in [0.4, 0.5) is 24.8 Å². The summed E-state index contributed by atoms with van der Waals surface area (Å²) in [4.78, 5) is 25.8. The minimum atomic E-state index is -4.82. The van der Waals surface area contributed by atoms with E-state index in [2.05, 4.69) is 30.3 Å². The van der Waals surface area contributed by atoms with Crippen molar-refractivity contribution in [1.29, 1.82) is 0 Å². The summed E-state index contributed by atoms with van der Waals surface area (Å²) in [6, 6.07) is 12.2. The molecule has 4 rings (SSSR count). The normalized spacial score (nSPS) is 11.3. The summed E-state index contributed by atoms with van der Waals surface area (Å²) in [5, 5.41) is 6.21. The van der Waals surface area contributed by atoms with Crippen molar-refractivity contribution in [3.8, 4) is 16.9 Å². The van der Waals surface area contributed by atoms with Gasteiger partial charge < -0.3 is 15.4 Å². The first-order chi connectivity index (χ1) is 15.7. The molecule has 2 aromatic heterocycles. The maximum Gasteiger partial charge on any atom is 0.573 e. The van der Waals surface area contributed by atoms with Crippen molar-refractivity contribution >= 4 is 28.6 Å². The van der Waals surface area contributed by atoms with Crippen molar-refractivity contribution in [2.75, 3.05) is 17.7 Å². The molecule has 0 bridgehead atoms. The zero-order valence-corrected chi connectivity index (χ0v) is 17.6. The number of carbonyl (C=O) groups excluding carboxylic acids is 1. The van der Waals surface area contributed by atoms with Crippen LogP contribution in [0.15, 0.2) is 60.9 Å². The highest BCUT2D eigenvalue weighted by atomic mass is 19.4. The SMILES string of the molecule is CNc1ncc2cc(-c3cccc(C(=O)Nc4cccc(OC(F)(F)F)c4)c3C)cnc2n1. The molecule has 0 radical (unpaired) electrons. The van der Waals surface area contributed by atoms with Crippen LogP contribution in [0.3, 0.4) is 0 Å². The number of ether oxygens (including phenoxy) is 1. The van der Waals surface area contributed by atoms with Crippen LogP contribution in [0.25, 0.3) is 22.2 Å². The number of carbonyl (C=O) groups is 1. The summed E-state index contributed by atoms with van der Waals surface area (Å²) < 4.78 is 41.3. The van der Waals surface area contributed by atoms with Crippen molar-refractivity contribution in [3.63, 3.8) is 0 Å². The lowest BCUT2D eigenvalue weighted by molar-refractivity contribution is -0.274. The summed E-state index contributed by atoms with van der Waals surface area (Å²) in [7, 11) is 1.72. The predicted octanol–water partition coefficient (Wildman–Crippen LogP) is 5.19. The van der Waals surface area contributed by atoms with Crippen LogP contribution >= 0.6 is 0 Å². The quantitative estimate of drug-likeness (QED) is 0.432. The number of anilines is 2. The predicted molar refractivity (Wildman–Crippen MR) is 118 cm³/mol. The lowest BCUT2D eigenvalue weighted by Crippen LogP contribution is -2.17. The Bertz CT molecular complexity index is 1340. The first-order valence-electron chi connectivity index (χ1n) is 9.81. The number of nitrogens with one attached hydrogen (secondary N) is 2. The van der Waals surface area contributed by atoms with Crippen LogP contribution in [0.5, 0.6) is 5.75 Å². The van der Waals surface area contributed by atoms with E-state index >= 15 is 0 Å². The fourth-order valence-electron chi connectivity index (χ4n) is 3.35. The van der Waals surface area contributed by atoms with Gasteiger partial charge in [0.1, 0.15) is 5.75 Å². The molecule has 0 spiro atoms. The minimum absolute atomic E-state index is 0.177. The maximum atomic E-state index is 12.9. The van der Waals surface area contributed by atoms with Crippen LogP contribution in [0.2, 0.25) is 0 Å². The van der Waals surface area contributed by atoms with Gasteiger partial charge in [0, 0.05) is 47.7 Å². The molecule has 0 atom stereocenters. The van der Waals surface area contributed by atoms with Crippen molar-refractivity contribution < 1.29 is 22.7 Å². The standard InChI is InChI=1S/C23H18F3N5O2/c1-13-18(14-9-15-12-29-22(27-2)31-20(15)28-11-14)7-4-8-19(13)21(32)30-16-5-3-6-17(10-16)33-23(24,25)26/h3-12H,1-2H3,(H,30,32)(H,27,28,29,31). The Labute approximate surface area is 186 Å². The zero-order valence-electron chi connectivity index (χ0n) is 17.6. The molecule has 0 aliphatic rings. The number of amides is 1. The Morgan fingerprint density at radius 3 is 2.58 bits per heavy atom. The van der Waals surface area contributed by atoms with Gasteiger partial charge in [0.25, 0.3) is 5.91 Å². The number of alkyl halides is 3. The van der Waals surface area contributed by atoms with Crippen LogP contribution in [-0.2, 0) is 0 Å². The van der Waals surface area contributed by atoms with Crippen molar-refractivity contribution in [2.45, 2.75) is 13.3 Å². The molecule has 0 aliphatic carbocycles. The summed E-state index contributed by atoms with van der Waals surface area (Å²) in [6.07, 6.45) is -1.50. The summed E-state index contributed by atoms with van der Waals surface area (Å²) in [6.45, 7) is 1.79. The molecule has 2 heterocycles. The first kappa shape index (κ1) is 22.0. The number of rotatable bonds is 5. The lowest BCUT2D eigenvalue weighted by Gasteiger charge is -2.13. The van der Waals surface area contributed by atoms with Gasteiger partial charge in [-0.3, -0.25) is 4.79 Å². The minimum Gasteiger partial charge on any atom is -0.406 e. The van der Waals surface area contributed by atoms with Gasteiger partial charge in [-0.15, -0.1) is 13.2 Å². The van der Waals surface area contributed by atoms with E-state index in [1.54, 1.807) is 38.5 Å². The second kappa shape index (κ2) is 8.73. The molecule has 0 unspecified atom stereocenters. The highest BCUT2D eigenvalue weighted by Crippen LogP contribution is 2.29. The Morgan fingerprint density at radius 2 is 1.82 bits per heavy atom. The second-order valence-corrected chi connectivity index (χ2v) is 7.09. The van der Waals surface area contributed by atoms with E-state index in [9.17, 15) is 18.0 Å². The average Bonchev–Trinajstić information content (AvgIpc) is 2.77. The van der Waals surface area contributed by atoms with Crippen molar-refractivity contribution in [1.82, 2.24) is 15.0 Å². The van der Waals surface area contributed by atoms with Crippen LogP contribution < -0.4 is 15.4 Å². The number of fused-ring (bicyclic) bond motifs is 1. The van der Waals surface area contributed by atoms with Crippen LogP contribution in [-0.4, -0.2) is 34.3 Å². The molecule has 10 heteroatoms. The Balaban J connectivity index is 1.61. The maximum absolute atomic E-state index is 12.9. The lowest BCUT2D eigenvalue weighted by atomic mass is 9.96. The molecule has 7 nitrogen and oxygen atoms in total. The van der Waals surface area contributed by atoms with Gasteiger partial charge in [0.2, 0.25) is 5.95 Å². The summed E-state index contributed by atoms with van der Waals surface area (Å²) >= 11 is 0. The number of hydrogen-bond donors (Lipinski definition) is 2. The topological polar surface area (TPSA) is 89.0 Å². The third-order valence-corrected chi connectivity index (χ3v) is 4.87. The monoisotopic (exact) mass is 453 g/mol. The smallest absolute Gasteiger partial charge is 0.406 e. The van der Waals surface area contributed by atoms with Gasteiger partial charge in [-0.2, -0.15) is 4.98 Å². The number of halogens is 3. The molecule has 0 saturated heterocycles. The Morgan fingerprint density at radius 1 is 1.03 bits per heavy atom. The molecular weight excluding hydrogens is 435 g/mol. The molecule has 0 saturated carbocycles. The van der Waals surface area contributed by atoms with E-state index in [0.29, 0.717) is 22.7 Å². The molecule has 168 valence electrons. The first-order valence-corrected chi connectivity index (χ1v) is 9.81. The number of aromatic nitrogens is 3. The molecular formula is C23H18F3N5O2. The van der Waals surface area contributed by atoms with Gasteiger partial charge in [-0.05, 0) is 42.3 Å². The number of pyridine rings is 1. The highest BCUT2D eigenvalue weighted by molar-refractivity contribution is 6.06. The molecule has 4 aromatic rings. The van der Waals surface area contributed by atoms with Gasteiger partial charge in [0.05, 0.1) is 0 Å². The Kier molecular flexibility index (Phi) is 5.82. The highest BCUT2D eigenvalue weighted by Gasteiger charge is 2.31. The van der Waals surface area contributed by atoms with Crippen molar-refractivity contribution in [3.05, 3.63) is 72.1 Å². The number of nitrogens with zero attached hydrogens (tertiary/aromatic N) is 3. The fourth-order valence-corrected chi connectivity index (χ4v) is 3.35. The van der Waals surface area contributed by atoms with E-state index in [1.807, 2.05) is 12.1 Å². The van der Waals surface area contributed by atoms with Crippen molar-refractivity contribution in [2.24, 2.45) is 0 Å². The largest absolute Gasteiger partial charge is 0.573 e. The molecule has 2 aromatic carbocycles. The summed E-state index contributed by atoms with van der Waals surface area (Å²) in [5.41, 5.74) is 3.32.